The molecule has 0 aliphatic carbocycles. The van der Waals surface area contributed by atoms with Crippen LogP contribution in [0.25, 0.3) is 0 Å². The Bertz CT molecular complexity index is 438. The Morgan fingerprint density at radius 2 is 2.15 bits per heavy atom. The van der Waals surface area contributed by atoms with Crippen molar-refractivity contribution in [2.24, 2.45) is 0 Å². The highest BCUT2D eigenvalue weighted by Gasteiger charge is 2.40. The molecule has 0 radical (unpaired) electrons. The number of esters is 1. The molecule has 0 spiro atoms. The lowest BCUT2D eigenvalue weighted by Crippen LogP contribution is -2.52. The van der Waals surface area contributed by atoms with Crippen LogP contribution in [-0.2, 0) is 25.6 Å². The molecule has 1 aromatic rings. The number of halogens is 1. The summed E-state index contributed by atoms with van der Waals surface area (Å²) in [5, 5.41) is 10.1. The van der Waals surface area contributed by atoms with E-state index in [0.717, 1.165) is 5.56 Å². The van der Waals surface area contributed by atoms with Gasteiger partial charge in [-0.2, -0.15) is 0 Å². The summed E-state index contributed by atoms with van der Waals surface area (Å²) in [6, 6.07) is 9.74. The van der Waals surface area contributed by atoms with Crippen LogP contribution in [0.3, 0.4) is 0 Å². The Hall–Kier alpha value is -0.700. The maximum absolute atomic E-state index is 10.9. The standard InChI is InChI=1S/C14H17IO5/c1-9(16)20-11-8-19-14(12(15)13(11)17)18-7-10-5-3-2-4-6-10/h2-6,11-14,17H,7-8H2,1H3/t11-,12+,13-,14+/m1/s1. The lowest BCUT2D eigenvalue weighted by Gasteiger charge is -2.36. The van der Waals surface area contributed by atoms with Gasteiger partial charge in [-0.25, -0.2) is 0 Å². The lowest BCUT2D eigenvalue weighted by atomic mass is 10.1. The van der Waals surface area contributed by atoms with E-state index in [0.29, 0.717) is 6.61 Å². The molecule has 5 nitrogen and oxygen atoms in total. The van der Waals surface area contributed by atoms with Gasteiger partial charge in [-0.3, -0.25) is 4.79 Å². The van der Waals surface area contributed by atoms with Gasteiger partial charge in [-0.15, -0.1) is 0 Å². The smallest absolute Gasteiger partial charge is 0.303 e. The molecule has 1 aliphatic heterocycles. The average molecular weight is 392 g/mol. The summed E-state index contributed by atoms with van der Waals surface area (Å²) >= 11 is 2.06. The van der Waals surface area contributed by atoms with E-state index >= 15 is 0 Å². The van der Waals surface area contributed by atoms with Crippen LogP contribution in [0.15, 0.2) is 30.3 Å². The fourth-order valence-electron chi connectivity index (χ4n) is 1.96. The van der Waals surface area contributed by atoms with E-state index in [2.05, 4.69) is 22.6 Å². The maximum Gasteiger partial charge on any atom is 0.303 e. The number of carbonyl (C=O) groups excluding carboxylic acids is 1. The minimum Gasteiger partial charge on any atom is -0.457 e. The SMILES string of the molecule is CC(=O)O[C@@H]1CO[C@H](OCc2ccccc2)[C@@H](I)[C@@H]1O. The van der Waals surface area contributed by atoms with Crippen molar-refractivity contribution in [1.82, 2.24) is 0 Å². The van der Waals surface area contributed by atoms with E-state index in [1.54, 1.807) is 0 Å². The van der Waals surface area contributed by atoms with E-state index in [9.17, 15) is 9.90 Å². The zero-order valence-electron chi connectivity index (χ0n) is 11.1. The Morgan fingerprint density at radius 1 is 1.45 bits per heavy atom. The third-order valence-corrected chi connectivity index (χ3v) is 4.29. The molecule has 1 aromatic carbocycles. The topological polar surface area (TPSA) is 65.0 Å². The van der Waals surface area contributed by atoms with Gasteiger partial charge in [-0.05, 0) is 5.56 Å². The fourth-order valence-corrected chi connectivity index (χ4v) is 2.83. The molecule has 0 amide bonds. The summed E-state index contributed by atoms with van der Waals surface area (Å²) in [5.74, 6) is -0.426. The summed E-state index contributed by atoms with van der Waals surface area (Å²) in [5.41, 5.74) is 1.04. The molecule has 6 heteroatoms. The van der Waals surface area contributed by atoms with Crippen LogP contribution in [0.4, 0.5) is 0 Å². The van der Waals surface area contributed by atoms with Crippen molar-refractivity contribution >= 4 is 28.6 Å². The molecule has 1 saturated heterocycles. The van der Waals surface area contributed by atoms with Gasteiger partial charge in [0.1, 0.15) is 6.10 Å². The third-order valence-electron chi connectivity index (χ3n) is 2.97. The molecular formula is C14H17IO5. The molecule has 1 N–H and O–H groups in total. The number of benzene rings is 1. The first-order valence-electron chi connectivity index (χ1n) is 6.34. The molecule has 20 heavy (non-hydrogen) atoms. The van der Waals surface area contributed by atoms with E-state index in [1.165, 1.54) is 6.92 Å². The molecule has 2 rings (SSSR count). The summed E-state index contributed by atoms with van der Waals surface area (Å²) in [4.78, 5) is 10.9. The third kappa shape index (κ3) is 4.15. The summed E-state index contributed by atoms with van der Waals surface area (Å²) < 4.78 is 15.9. The zero-order valence-corrected chi connectivity index (χ0v) is 13.2. The van der Waals surface area contributed by atoms with Gasteiger partial charge in [0.25, 0.3) is 0 Å². The lowest BCUT2D eigenvalue weighted by molar-refractivity contribution is -0.221. The number of carbonyl (C=O) groups is 1. The van der Waals surface area contributed by atoms with Crippen molar-refractivity contribution in [3.63, 3.8) is 0 Å². The Balaban J connectivity index is 1.87. The van der Waals surface area contributed by atoms with Crippen molar-refractivity contribution < 1.29 is 24.1 Å². The highest BCUT2D eigenvalue weighted by atomic mass is 127. The first-order valence-corrected chi connectivity index (χ1v) is 7.59. The Labute approximate surface area is 131 Å². The van der Waals surface area contributed by atoms with Gasteiger partial charge in [0.15, 0.2) is 12.4 Å². The van der Waals surface area contributed by atoms with Gasteiger partial charge in [0.2, 0.25) is 0 Å². The molecule has 1 aliphatic rings. The number of aliphatic hydroxyl groups excluding tert-OH is 1. The second kappa shape index (κ2) is 7.35. The van der Waals surface area contributed by atoms with E-state index < -0.39 is 24.5 Å². The first-order chi connectivity index (χ1) is 9.58. The number of alkyl halides is 1. The van der Waals surface area contributed by atoms with Crippen LogP contribution in [0.5, 0.6) is 0 Å². The van der Waals surface area contributed by atoms with Crippen molar-refractivity contribution in [2.45, 2.75) is 36.0 Å². The Morgan fingerprint density at radius 3 is 2.80 bits per heavy atom. The molecule has 1 heterocycles. The van der Waals surface area contributed by atoms with Crippen LogP contribution in [0, 0.1) is 0 Å². The van der Waals surface area contributed by atoms with Crippen LogP contribution >= 0.6 is 22.6 Å². The maximum atomic E-state index is 10.9. The summed E-state index contributed by atoms with van der Waals surface area (Å²) in [6.45, 7) is 1.86. The van der Waals surface area contributed by atoms with E-state index in [-0.39, 0.29) is 10.5 Å². The second-order valence-electron chi connectivity index (χ2n) is 4.58. The zero-order chi connectivity index (χ0) is 14.5. The molecule has 110 valence electrons. The number of rotatable bonds is 4. The van der Waals surface area contributed by atoms with Crippen molar-refractivity contribution in [1.29, 1.82) is 0 Å². The van der Waals surface area contributed by atoms with Gasteiger partial charge < -0.3 is 19.3 Å². The highest BCUT2D eigenvalue weighted by Crippen LogP contribution is 2.26. The molecule has 1 fully saturated rings. The minimum absolute atomic E-state index is 0.139. The van der Waals surface area contributed by atoms with Gasteiger partial charge >= 0.3 is 5.97 Å². The summed E-state index contributed by atoms with van der Waals surface area (Å²) in [7, 11) is 0. The van der Waals surface area contributed by atoms with Crippen LogP contribution in [-0.4, -0.2) is 40.1 Å². The molecule has 0 saturated carbocycles. The van der Waals surface area contributed by atoms with Crippen LogP contribution in [0.2, 0.25) is 0 Å². The number of hydrogen-bond donors (Lipinski definition) is 1. The van der Waals surface area contributed by atoms with Crippen molar-refractivity contribution in [3.05, 3.63) is 35.9 Å². The van der Waals surface area contributed by atoms with Gasteiger partial charge in [-0.1, -0.05) is 52.9 Å². The van der Waals surface area contributed by atoms with Crippen molar-refractivity contribution in [3.8, 4) is 0 Å². The predicted molar refractivity (Wildman–Crippen MR) is 80.3 cm³/mol. The van der Waals surface area contributed by atoms with E-state index in [1.807, 2.05) is 30.3 Å². The minimum atomic E-state index is -0.797. The van der Waals surface area contributed by atoms with Gasteiger partial charge in [0.05, 0.1) is 17.1 Å². The fraction of sp³-hybridized carbons (Fsp3) is 0.500. The molecule has 0 aromatic heterocycles. The van der Waals surface area contributed by atoms with Crippen LogP contribution < -0.4 is 0 Å². The normalized spacial score (nSPS) is 29.9. The predicted octanol–water partition coefficient (Wildman–Crippen LogP) is 1.66. The largest absolute Gasteiger partial charge is 0.457 e. The van der Waals surface area contributed by atoms with E-state index in [4.69, 9.17) is 14.2 Å². The number of hydrogen-bond acceptors (Lipinski definition) is 5. The second-order valence-corrected chi connectivity index (χ2v) is 6.02. The number of ether oxygens (including phenoxy) is 3. The number of aliphatic hydroxyl groups is 1. The Kier molecular flexibility index (Phi) is 5.76. The molecule has 4 atom stereocenters. The molecule has 0 unspecified atom stereocenters. The monoisotopic (exact) mass is 392 g/mol. The first kappa shape index (κ1) is 15.7. The van der Waals surface area contributed by atoms with Gasteiger partial charge in [0, 0.05) is 6.92 Å². The summed E-state index contributed by atoms with van der Waals surface area (Å²) in [6.07, 6.45) is -1.95. The highest BCUT2D eigenvalue weighted by molar-refractivity contribution is 14.1. The average Bonchev–Trinajstić information content (AvgIpc) is 2.44. The van der Waals surface area contributed by atoms with Crippen molar-refractivity contribution in [2.75, 3.05) is 6.61 Å². The quantitative estimate of drug-likeness (QED) is 0.480. The molecular weight excluding hydrogens is 375 g/mol. The van der Waals surface area contributed by atoms with Crippen LogP contribution in [0.1, 0.15) is 12.5 Å². The molecule has 0 bridgehead atoms.